The zero-order valence-corrected chi connectivity index (χ0v) is 8.73. The van der Waals surface area contributed by atoms with Gasteiger partial charge in [0.05, 0.1) is 12.5 Å². The molecule has 0 bridgehead atoms. The Morgan fingerprint density at radius 3 is 3.20 bits per heavy atom. The Morgan fingerprint density at radius 2 is 2.40 bits per heavy atom. The summed E-state index contributed by atoms with van der Waals surface area (Å²) in [6, 6.07) is 0. The predicted molar refractivity (Wildman–Crippen MR) is 55.8 cm³/mol. The third kappa shape index (κ3) is 1.96. The maximum absolute atomic E-state index is 10.3. The number of fused-ring (bicyclic) bond motifs is 1. The first-order chi connectivity index (χ1) is 7.33. The molecular weight excluding hydrogens is 192 g/mol. The van der Waals surface area contributed by atoms with Crippen LogP contribution in [0.2, 0.25) is 0 Å². The lowest BCUT2D eigenvalue weighted by Gasteiger charge is -2.25. The van der Waals surface area contributed by atoms with Crippen LogP contribution in [-0.2, 0) is 14.3 Å². The normalized spacial score (nSPS) is 21.3. The zero-order valence-electron chi connectivity index (χ0n) is 8.73. The molecule has 0 aromatic rings. The van der Waals surface area contributed by atoms with Crippen molar-refractivity contribution in [2.45, 2.75) is 32.3 Å². The summed E-state index contributed by atoms with van der Waals surface area (Å²) in [6.07, 6.45) is 8.38. The van der Waals surface area contributed by atoms with E-state index < -0.39 is 0 Å². The number of allylic oxidation sites excluding steroid dienone is 3. The smallest absolute Gasteiger partial charge is 0.293 e. The molecule has 0 aromatic carbocycles. The van der Waals surface area contributed by atoms with Gasteiger partial charge < -0.3 is 9.47 Å². The van der Waals surface area contributed by atoms with Crippen molar-refractivity contribution >= 4 is 6.47 Å². The summed E-state index contributed by atoms with van der Waals surface area (Å²) < 4.78 is 10.1. The summed E-state index contributed by atoms with van der Waals surface area (Å²) in [5, 5.41) is 0. The van der Waals surface area contributed by atoms with Crippen molar-refractivity contribution in [2.75, 3.05) is 0 Å². The molecule has 0 saturated heterocycles. The molecule has 1 aliphatic carbocycles. The van der Waals surface area contributed by atoms with E-state index in [0.717, 1.165) is 19.3 Å². The number of carbonyl (C=O) groups is 1. The molecule has 0 saturated carbocycles. The largest absolute Gasteiger partial charge is 0.472 e. The SMILES string of the molecule is CC(OC=O)C1=C2C=COC=C2CCC1. The van der Waals surface area contributed by atoms with Gasteiger partial charge in [-0.15, -0.1) is 0 Å². The molecular formula is C12H14O3. The maximum Gasteiger partial charge on any atom is 0.293 e. The van der Waals surface area contributed by atoms with Crippen LogP contribution >= 0.6 is 0 Å². The second-order valence-electron chi connectivity index (χ2n) is 3.75. The molecule has 3 nitrogen and oxygen atoms in total. The van der Waals surface area contributed by atoms with Gasteiger partial charge in [-0.25, -0.2) is 0 Å². The molecule has 0 aromatic heterocycles. The monoisotopic (exact) mass is 206 g/mol. The Balaban J connectivity index is 2.30. The molecule has 80 valence electrons. The van der Waals surface area contributed by atoms with E-state index in [4.69, 9.17) is 9.47 Å². The third-order valence-electron chi connectivity index (χ3n) is 2.86. The average Bonchev–Trinajstić information content (AvgIpc) is 2.28. The Kier molecular flexibility index (Phi) is 2.90. The van der Waals surface area contributed by atoms with Gasteiger partial charge in [0.15, 0.2) is 0 Å². The van der Waals surface area contributed by atoms with E-state index in [0.29, 0.717) is 6.47 Å². The summed E-state index contributed by atoms with van der Waals surface area (Å²) in [6.45, 7) is 2.42. The van der Waals surface area contributed by atoms with E-state index in [1.54, 1.807) is 12.5 Å². The van der Waals surface area contributed by atoms with Crippen LogP contribution in [0.4, 0.5) is 0 Å². The Hall–Kier alpha value is -1.51. The van der Waals surface area contributed by atoms with Crippen LogP contribution in [0.15, 0.2) is 35.3 Å². The van der Waals surface area contributed by atoms with Crippen molar-refractivity contribution in [2.24, 2.45) is 0 Å². The van der Waals surface area contributed by atoms with E-state index in [2.05, 4.69) is 0 Å². The van der Waals surface area contributed by atoms with Crippen LogP contribution in [0.3, 0.4) is 0 Å². The van der Waals surface area contributed by atoms with Crippen molar-refractivity contribution in [1.82, 2.24) is 0 Å². The Labute approximate surface area is 89.1 Å². The molecule has 2 rings (SSSR count). The minimum atomic E-state index is -0.135. The Bertz CT molecular complexity index is 350. The van der Waals surface area contributed by atoms with Crippen LogP contribution in [0.5, 0.6) is 0 Å². The van der Waals surface area contributed by atoms with Gasteiger partial charge in [-0.3, -0.25) is 4.79 Å². The lowest BCUT2D eigenvalue weighted by atomic mass is 9.85. The third-order valence-corrected chi connectivity index (χ3v) is 2.86. The molecule has 1 heterocycles. The highest BCUT2D eigenvalue weighted by Crippen LogP contribution is 2.34. The summed E-state index contributed by atoms with van der Waals surface area (Å²) in [4.78, 5) is 10.3. The summed E-state index contributed by atoms with van der Waals surface area (Å²) >= 11 is 0. The molecule has 15 heavy (non-hydrogen) atoms. The van der Waals surface area contributed by atoms with Gasteiger partial charge in [0.25, 0.3) is 6.47 Å². The molecule has 2 aliphatic rings. The number of hydrogen-bond donors (Lipinski definition) is 0. The lowest BCUT2D eigenvalue weighted by Crippen LogP contribution is -2.17. The van der Waals surface area contributed by atoms with Crippen molar-refractivity contribution in [3.8, 4) is 0 Å². The first kappa shape index (κ1) is 10.0. The fourth-order valence-corrected chi connectivity index (χ4v) is 2.10. The summed E-state index contributed by atoms with van der Waals surface area (Å²) in [7, 11) is 0. The molecule has 0 fully saturated rings. The minimum absolute atomic E-state index is 0.135. The van der Waals surface area contributed by atoms with Gasteiger partial charge in [0.1, 0.15) is 6.10 Å². The quantitative estimate of drug-likeness (QED) is 0.665. The van der Waals surface area contributed by atoms with Crippen LogP contribution in [-0.4, -0.2) is 12.6 Å². The molecule has 1 unspecified atom stereocenters. The van der Waals surface area contributed by atoms with Crippen LogP contribution < -0.4 is 0 Å². The van der Waals surface area contributed by atoms with Crippen molar-refractivity contribution in [3.63, 3.8) is 0 Å². The van der Waals surface area contributed by atoms with Gasteiger partial charge in [-0.2, -0.15) is 0 Å². The van der Waals surface area contributed by atoms with Gasteiger partial charge in [0.2, 0.25) is 0 Å². The van der Waals surface area contributed by atoms with Gasteiger partial charge >= 0.3 is 0 Å². The van der Waals surface area contributed by atoms with Crippen LogP contribution in [0, 0.1) is 0 Å². The maximum atomic E-state index is 10.3. The first-order valence-corrected chi connectivity index (χ1v) is 5.16. The number of rotatable bonds is 3. The fraction of sp³-hybridized carbons (Fsp3) is 0.417. The highest BCUT2D eigenvalue weighted by atomic mass is 16.5. The van der Waals surface area contributed by atoms with E-state index in [9.17, 15) is 4.79 Å². The summed E-state index contributed by atoms with van der Waals surface area (Å²) in [5.74, 6) is 0. The van der Waals surface area contributed by atoms with Gasteiger partial charge in [-0.1, -0.05) is 0 Å². The van der Waals surface area contributed by atoms with E-state index in [-0.39, 0.29) is 6.10 Å². The predicted octanol–water partition coefficient (Wildman–Crippen LogP) is 2.46. The average molecular weight is 206 g/mol. The number of ether oxygens (including phenoxy) is 2. The first-order valence-electron chi connectivity index (χ1n) is 5.16. The molecule has 0 N–H and O–H groups in total. The second-order valence-corrected chi connectivity index (χ2v) is 3.75. The highest BCUT2D eigenvalue weighted by molar-refractivity contribution is 5.48. The fourth-order valence-electron chi connectivity index (χ4n) is 2.10. The van der Waals surface area contributed by atoms with E-state index in [1.165, 1.54) is 16.7 Å². The van der Waals surface area contributed by atoms with E-state index >= 15 is 0 Å². The van der Waals surface area contributed by atoms with Crippen LogP contribution in [0.25, 0.3) is 0 Å². The van der Waals surface area contributed by atoms with Crippen molar-refractivity contribution in [1.29, 1.82) is 0 Å². The number of carbonyl (C=O) groups excluding carboxylic acids is 1. The second kappa shape index (κ2) is 4.34. The summed E-state index contributed by atoms with van der Waals surface area (Å²) in [5.41, 5.74) is 3.58. The van der Waals surface area contributed by atoms with Gasteiger partial charge in [-0.05, 0) is 49.0 Å². The molecule has 1 atom stereocenters. The molecule has 0 amide bonds. The topological polar surface area (TPSA) is 35.5 Å². The van der Waals surface area contributed by atoms with Gasteiger partial charge in [0, 0.05) is 0 Å². The highest BCUT2D eigenvalue weighted by Gasteiger charge is 2.22. The molecule has 3 heteroatoms. The minimum Gasteiger partial charge on any atom is -0.472 e. The van der Waals surface area contributed by atoms with Crippen molar-refractivity contribution in [3.05, 3.63) is 35.3 Å². The molecule has 0 spiro atoms. The van der Waals surface area contributed by atoms with Crippen molar-refractivity contribution < 1.29 is 14.3 Å². The standard InChI is InChI=1S/C12H14O3/c1-9(15-8-13)11-4-2-3-10-7-14-6-5-12(10)11/h5-9H,2-4H2,1H3. The van der Waals surface area contributed by atoms with Crippen LogP contribution in [0.1, 0.15) is 26.2 Å². The molecule has 1 aliphatic heterocycles. The number of hydrogen-bond acceptors (Lipinski definition) is 3. The molecule has 0 radical (unpaired) electrons. The Morgan fingerprint density at radius 1 is 1.53 bits per heavy atom. The lowest BCUT2D eigenvalue weighted by molar-refractivity contribution is -0.131. The van der Waals surface area contributed by atoms with E-state index in [1.807, 2.05) is 13.0 Å². The zero-order chi connectivity index (χ0) is 10.7.